The average Bonchev–Trinajstić information content (AvgIpc) is 3.39. The van der Waals surface area contributed by atoms with Crippen LogP contribution in [0.3, 0.4) is 0 Å². The van der Waals surface area contributed by atoms with E-state index in [9.17, 15) is 41.9 Å². The van der Waals surface area contributed by atoms with Crippen molar-refractivity contribution in [1.29, 1.82) is 0 Å². The van der Waals surface area contributed by atoms with Gasteiger partial charge in [-0.15, -0.1) is 0 Å². The maximum absolute atomic E-state index is 13.3. The Kier molecular flexibility index (Phi) is 9.22. The van der Waals surface area contributed by atoms with Crippen LogP contribution in [0.15, 0.2) is 69.1 Å². The van der Waals surface area contributed by atoms with Crippen LogP contribution in [0.2, 0.25) is 0 Å². The first-order valence-electron chi connectivity index (χ1n) is 12.7. The molecule has 2 atom stereocenters. The number of hydrogen-bond donors (Lipinski definition) is 2. The Hall–Kier alpha value is -4.67. The molecule has 1 fully saturated rings. The lowest BCUT2D eigenvalue weighted by Gasteiger charge is -2.22. The molecule has 2 aromatic carbocycles. The summed E-state index contributed by atoms with van der Waals surface area (Å²) in [6, 6.07) is 10.7. The van der Waals surface area contributed by atoms with Crippen molar-refractivity contribution in [3.05, 3.63) is 92.4 Å². The number of sulfonamides is 1. The molecular formula is C27H27FN4O10S. The molecular weight excluding hydrogens is 591 g/mol. The van der Waals surface area contributed by atoms with Gasteiger partial charge in [-0.1, -0.05) is 30.3 Å². The number of aromatic nitrogens is 2. The molecule has 4 rings (SSSR count). The summed E-state index contributed by atoms with van der Waals surface area (Å²) in [7, 11) is -3.34. The second kappa shape index (κ2) is 12.7. The molecule has 2 unspecified atom stereocenters. The fourth-order valence-electron chi connectivity index (χ4n) is 4.54. The van der Waals surface area contributed by atoms with Gasteiger partial charge in [0.15, 0.2) is 6.61 Å². The molecule has 2 heterocycles. The van der Waals surface area contributed by atoms with Gasteiger partial charge in [-0.2, -0.15) is 4.31 Å². The molecule has 3 N–H and O–H groups in total. The van der Waals surface area contributed by atoms with E-state index in [1.165, 1.54) is 0 Å². The van der Waals surface area contributed by atoms with Gasteiger partial charge >= 0.3 is 17.6 Å². The average molecular weight is 619 g/mol. The van der Waals surface area contributed by atoms with Crippen LogP contribution >= 0.6 is 0 Å². The van der Waals surface area contributed by atoms with Gasteiger partial charge in [0.05, 0.1) is 24.7 Å². The minimum Gasteiger partial charge on any atom is -0.468 e. The van der Waals surface area contributed by atoms with Crippen LogP contribution in [0.4, 0.5) is 10.2 Å². The Bertz CT molecular complexity index is 1770. The molecule has 0 saturated carbocycles. The number of nitrogens with two attached hydrogens (primary N) is 1. The number of aliphatic hydroxyl groups excluding tert-OH is 1. The standard InChI is InChI=1S/C27H27FN4O10S/c1-41-22(35)14-31-25(36)23(24(29)30(27(31)38)12-16-5-3-2-4-6-16)21(34)15-42-26(37)20-11-18(33)13-32(20)43(39,40)19-9-7-17(28)8-10-19/h2-10,18,20,33H,11-15,29H2,1H3. The zero-order valence-corrected chi connectivity index (χ0v) is 23.5. The molecule has 0 bridgehead atoms. The summed E-state index contributed by atoms with van der Waals surface area (Å²) in [5.74, 6) is -4.53. The van der Waals surface area contributed by atoms with Gasteiger partial charge in [0.1, 0.15) is 29.8 Å². The second-order valence-corrected chi connectivity index (χ2v) is 11.4. The highest BCUT2D eigenvalue weighted by molar-refractivity contribution is 7.89. The van der Waals surface area contributed by atoms with Crippen LogP contribution in [0, 0.1) is 5.82 Å². The molecule has 1 saturated heterocycles. The minimum atomic E-state index is -4.38. The molecule has 43 heavy (non-hydrogen) atoms. The number of esters is 2. The number of carbonyl (C=O) groups is 3. The fraction of sp³-hybridized carbons (Fsp3) is 0.296. The van der Waals surface area contributed by atoms with Gasteiger partial charge in [-0.05, 0) is 29.8 Å². The Morgan fingerprint density at radius 2 is 1.70 bits per heavy atom. The number of hydrogen-bond acceptors (Lipinski definition) is 11. The molecule has 1 aliphatic rings. The summed E-state index contributed by atoms with van der Waals surface area (Å²) in [6.07, 6.45) is -1.60. The van der Waals surface area contributed by atoms with E-state index in [-0.39, 0.29) is 17.9 Å². The number of aliphatic hydroxyl groups is 1. The summed E-state index contributed by atoms with van der Waals surface area (Å²) in [4.78, 5) is 64.1. The van der Waals surface area contributed by atoms with Crippen molar-refractivity contribution in [3.63, 3.8) is 0 Å². The van der Waals surface area contributed by atoms with E-state index >= 15 is 0 Å². The first-order chi connectivity index (χ1) is 20.3. The number of ketones is 1. The highest BCUT2D eigenvalue weighted by atomic mass is 32.2. The number of nitrogens with zero attached hydrogens (tertiary/aromatic N) is 3. The van der Waals surface area contributed by atoms with E-state index in [1.54, 1.807) is 30.3 Å². The molecule has 0 spiro atoms. The molecule has 3 aromatic rings. The number of anilines is 1. The van der Waals surface area contributed by atoms with Gasteiger partial charge in [0.25, 0.3) is 5.56 Å². The predicted octanol–water partition coefficient (Wildman–Crippen LogP) is -0.497. The highest BCUT2D eigenvalue weighted by Crippen LogP contribution is 2.27. The third-order valence-electron chi connectivity index (χ3n) is 6.72. The van der Waals surface area contributed by atoms with Crippen LogP contribution in [0.25, 0.3) is 0 Å². The monoisotopic (exact) mass is 618 g/mol. The van der Waals surface area contributed by atoms with Crippen LogP contribution in [0.1, 0.15) is 22.3 Å². The third kappa shape index (κ3) is 6.55. The largest absolute Gasteiger partial charge is 0.468 e. The van der Waals surface area contributed by atoms with E-state index in [0.717, 1.165) is 35.9 Å². The lowest BCUT2D eigenvalue weighted by Crippen LogP contribution is -2.46. The van der Waals surface area contributed by atoms with Gasteiger partial charge in [0.2, 0.25) is 15.8 Å². The number of carbonyl (C=O) groups excluding carboxylic acids is 3. The maximum atomic E-state index is 13.3. The summed E-state index contributed by atoms with van der Waals surface area (Å²) in [5, 5.41) is 10.1. The van der Waals surface area contributed by atoms with Crippen LogP contribution in [-0.2, 0) is 42.2 Å². The molecule has 1 aromatic heterocycles. The zero-order chi connectivity index (χ0) is 31.5. The number of benzene rings is 2. The normalized spacial score (nSPS) is 17.0. The molecule has 0 radical (unpaired) electrons. The predicted molar refractivity (Wildman–Crippen MR) is 147 cm³/mol. The smallest absolute Gasteiger partial charge is 0.333 e. The van der Waals surface area contributed by atoms with E-state index < -0.39 is 88.0 Å². The third-order valence-corrected chi connectivity index (χ3v) is 8.61. The van der Waals surface area contributed by atoms with Gasteiger partial charge in [-0.3, -0.25) is 23.7 Å². The minimum absolute atomic E-state index is 0.177. The Labute approximate surface area is 243 Å². The van der Waals surface area contributed by atoms with E-state index in [0.29, 0.717) is 14.4 Å². The summed E-state index contributed by atoms with van der Waals surface area (Å²) in [5.41, 5.74) is 3.71. The molecule has 14 nitrogen and oxygen atoms in total. The SMILES string of the molecule is COC(=O)Cn1c(=O)c(C(=O)COC(=O)C2CC(O)CN2S(=O)(=O)c2ccc(F)cc2)c(N)n(Cc2ccccc2)c1=O. The van der Waals surface area contributed by atoms with Gasteiger partial charge in [-0.25, -0.2) is 22.2 Å². The number of nitrogen functional groups attached to an aromatic ring is 1. The number of methoxy groups -OCH3 is 1. The van der Waals surface area contributed by atoms with E-state index in [1.807, 2.05) is 0 Å². The van der Waals surface area contributed by atoms with Crippen molar-refractivity contribution in [3.8, 4) is 0 Å². The van der Waals surface area contributed by atoms with Crippen molar-refractivity contribution >= 4 is 33.6 Å². The molecule has 16 heteroatoms. The Morgan fingerprint density at radius 3 is 2.33 bits per heavy atom. The van der Waals surface area contributed by atoms with Crippen molar-refractivity contribution in [1.82, 2.24) is 13.4 Å². The van der Waals surface area contributed by atoms with Gasteiger partial charge < -0.3 is 20.3 Å². The topological polar surface area (TPSA) is 197 Å². The van der Waals surface area contributed by atoms with Crippen molar-refractivity contribution < 1.29 is 41.8 Å². The fourth-order valence-corrected chi connectivity index (χ4v) is 6.17. The second-order valence-electron chi connectivity index (χ2n) is 9.55. The van der Waals surface area contributed by atoms with Crippen LogP contribution < -0.4 is 17.0 Å². The molecule has 0 amide bonds. The number of rotatable bonds is 10. The summed E-state index contributed by atoms with van der Waals surface area (Å²) >= 11 is 0. The van der Waals surface area contributed by atoms with Gasteiger partial charge in [0, 0.05) is 13.0 Å². The Balaban J connectivity index is 1.62. The number of halogens is 1. The number of β-amino-alcohol motifs (C(OH)–C–C–N with tert-alkyl or cyclic N) is 1. The maximum Gasteiger partial charge on any atom is 0.333 e. The summed E-state index contributed by atoms with van der Waals surface area (Å²) in [6.45, 7) is -2.57. The first-order valence-corrected chi connectivity index (χ1v) is 14.2. The number of ether oxygens (including phenoxy) is 2. The summed E-state index contributed by atoms with van der Waals surface area (Å²) < 4.78 is 51.2. The van der Waals surface area contributed by atoms with Crippen molar-refractivity contribution in [2.45, 2.75) is 36.6 Å². The first kappa shape index (κ1) is 31.3. The van der Waals surface area contributed by atoms with E-state index in [2.05, 4.69) is 4.74 Å². The Morgan fingerprint density at radius 1 is 1.05 bits per heavy atom. The van der Waals surface area contributed by atoms with Crippen molar-refractivity contribution in [2.24, 2.45) is 0 Å². The lowest BCUT2D eigenvalue weighted by atomic mass is 10.1. The van der Waals surface area contributed by atoms with Crippen LogP contribution in [0.5, 0.6) is 0 Å². The quantitative estimate of drug-likeness (QED) is 0.220. The lowest BCUT2D eigenvalue weighted by molar-refractivity contribution is -0.146. The zero-order valence-electron chi connectivity index (χ0n) is 22.7. The highest BCUT2D eigenvalue weighted by Gasteiger charge is 2.44. The number of Topliss-reactive ketones (excluding diaryl/α,β-unsaturated/α-hetero) is 1. The van der Waals surface area contributed by atoms with Crippen LogP contribution in [-0.4, -0.2) is 77.1 Å². The van der Waals surface area contributed by atoms with Crippen molar-refractivity contribution in [2.75, 3.05) is 26.0 Å². The molecule has 0 aliphatic carbocycles. The van der Waals surface area contributed by atoms with E-state index in [4.69, 9.17) is 10.5 Å². The molecule has 1 aliphatic heterocycles. The molecule has 228 valence electrons.